The van der Waals surface area contributed by atoms with Gasteiger partial charge in [-0.25, -0.2) is 0 Å². The van der Waals surface area contributed by atoms with Crippen LogP contribution in [0.1, 0.15) is 24.5 Å². The van der Waals surface area contributed by atoms with Gasteiger partial charge in [-0.1, -0.05) is 19.1 Å². The number of hydrogen-bond donors (Lipinski definition) is 2. The Morgan fingerprint density at radius 1 is 1.10 bits per heavy atom. The second-order valence-corrected chi connectivity index (χ2v) is 7.46. The lowest BCUT2D eigenvalue weighted by molar-refractivity contribution is 0.268. The molecule has 3 aromatic rings. The maximum atomic E-state index is 9.66. The highest BCUT2D eigenvalue weighted by atomic mass is 16.5. The molecule has 0 bridgehead atoms. The zero-order valence-electron chi connectivity index (χ0n) is 18.2. The van der Waals surface area contributed by atoms with Gasteiger partial charge in [0.2, 0.25) is 0 Å². The average molecular weight is 410 g/mol. The molecule has 0 saturated heterocycles. The van der Waals surface area contributed by atoms with E-state index < -0.39 is 0 Å². The lowest BCUT2D eigenvalue weighted by Crippen LogP contribution is -2.15. The molecule has 0 atom stereocenters. The van der Waals surface area contributed by atoms with Crippen LogP contribution in [0.15, 0.2) is 42.6 Å². The SMILES string of the molecule is CCc1c(CO)cccc1Nc1ccnc2cc(OCCCN(C)C)c(OC)cc12. The molecule has 160 valence electrons. The number of nitrogens with zero attached hydrogens (tertiary/aromatic N) is 2. The highest BCUT2D eigenvalue weighted by Gasteiger charge is 2.13. The van der Waals surface area contributed by atoms with Crippen LogP contribution in [0.4, 0.5) is 11.4 Å². The number of fused-ring (bicyclic) bond motifs is 1. The molecule has 0 amide bonds. The van der Waals surface area contributed by atoms with Crippen molar-refractivity contribution in [3.8, 4) is 11.5 Å². The van der Waals surface area contributed by atoms with Crippen LogP contribution >= 0.6 is 0 Å². The zero-order valence-corrected chi connectivity index (χ0v) is 18.2. The Balaban J connectivity index is 1.92. The zero-order chi connectivity index (χ0) is 21.5. The summed E-state index contributed by atoms with van der Waals surface area (Å²) in [6.07, 6.45) is 3.55. The molecule has 0 aliphatic carbocycles. The second kappa shape index (κ2) is 10.3. The van der Waals surface area contributed by atoms with Crippen molar-refractivity contribution in [3.63, 3.8) is 0 Å². The number of hydrogen-bond acceptors (Lipinski definition) is 6. The van der Waals surface area contributed by atoms with Gasteiger partial charge in [-0.2, -0.15) is 0 Å². The summed E-state index contributed by atoms with van der Waals surface area (Å²) in [6.45, 7) is 3.70. The molecular weight excluding hydrogens is 378 g/mol. The van der Waals surface area contributed by atoms with E-state index >= 15 is 0 Å². The first kappa shape index (κ1) is 21.9. The first-order valence-electron chi connectivity index (χ1n) is 10.3. The van der Waals surface area contributed by atoms with Gasteiger partial charge in [-0.3, -0.25) is 4.98 Å². The van der Waals surface area contributed by atoms with Crippen LogP contribution in [-0.2, 0) is 13.0 Å². The predicted molar refractivity (Wildman–Crippen MR) is 122 cm³/mol. The molecule has 30 heavy (non-hydrogen) atoms. The first-order valence-corrected chi connectivity index (χ1v) is 10.3. The third-order valence-electron chi connectivity index (χ3n) is 5.10. The smallest absolute Gasteiger partial charge is 0.163 e. The Morgan fingerprint density at radius 3 is 2.63 bits per heavy atom. The molecule has 6 heteroatoms. The number of aliphatic hydroxyl groups is 1. The molecule has 0 saturated carbocycles. The Labute approximate surface area is 178 Å². The van der Waals surface area contributed by atoms with E-state index in [1.54, 1.807) is 13.3 Å². The van der Waals surface area contributed by atoms with Gasteiger partial charge in [0.05, 0.1) is 25.8 Å². The molecule has 0 aliphatic heterocycles. The molecule has 2 N–H and O–H groups in total. The van der Waals surface area contributed by atoms with Crippen molar-refractivity contribution >= 4 is 22.3 Å². The summed E-state index contributed by atoms with van der Waals surface area (Å²) in [6, 6.07) is 11.8. The first-order chi connectivity index (χ1) is 14.6. The standard InChI is InChI=1S/C24H31N3O3/c1-5-18-17(16-28)8-6-9-20(18)26-21-10-11-25-22-15-24(23(29-4)14-19(21)22)30-13-7-12-27(2)3/h6,8-11,14-15,28H,5,7,12-13,16H2,1-4H3,(H,25,26). The minimum atomic E-state index is 0.0259. The lowest BCUT2D eigenvalue weighted by Gasteiger charge is -2.17. The Hall–Kier alpha value is -2.83. The molecule has 0 radical (unpaired) electrons. The number of aromatic nitrogens is 1. The van der Waals surface area contributed by atoms with E-state index in [2.05, 4.69) is 36.2 Å². The largest absolute Gasteiger partial charge is 0.493 e. The summed E-state index contributed by atoms with van der Waals surface area (Å²) in [5, 5.41) is 14.1. The van der Waals surface area contributed by atoms with Crippen molar-refractivity contribution in [1.82, 2.24) is 9.88 Å². The molecule has 3 rings (SSSR count). The predicted octanol–water partition coefficient (Wildman–Crippen LogP) is 4.37. The summed E-state index contributed by atoms with van der Waals surface area (Å²) < 4.78 is 11.6. The van der Waals surface area contributed by atoms with Crippen molar-refractivity contribution in [3.05, 3.63) is 53.7 Å². The molecule has 0 fully saturated rings. The fraction of sp³-hybridized carbons (Fsp3) is 0.375. The number of nitrogens with one attached hydrogen (secondary N) is 1. The second-order valence-electron chi connectivity index (χ2n) is 7.46. The van der Waals surface area contributed by atoms with Crippen LogP contribution in [0, 0.1) is 0 Å². The summed E-state index contributed by atoms with van der Waals surface area (Å²) >= 11 is 0. The molecule has 2 aromatic carbocycles. The van der Waals surface area contributed by atoms with Crippen molar-refractivity contribution < 1.29 is 14.6 Å². The van der Waals surface area contributed by atoms with Crippen LogP contribution < -0.4 is 14.8 Å². The molecule has 0 spiro atoms. The van der Waals surface area contributed by atoms with E-state index in [1.807, 2.05) is 36.4 Å². The van der Waals surface area contributed by atoms with E-state index in [1.165, 1.54) is 0 Å². The van der Waals surface area contributed by atoms with Crippen LogP contribution in [0.25, 0.3) is 10.9 Å². The summed E-state index contributed by atoms with van der Waals surface area (Å²) in [4.78, 5) is 6.66. The number of rotatable bonds is 10. The van der Waals surface area contributed by atoms with Gasteiger partial charge in [-0.15, -0.1) is 0 Å². The topological polar surface area (TPSA) is 66.8 Å². The van der Waals surface area contributed by atoms with Gasteiger partial charge in [0.1, 0.15) is 0 Å². The van der Waals surface area contributed by atoms with Crippen molar-refractivity contribution in [1.29, 1.82) is 0 Å². The minimum absolute atomic E-state index is 0.0259. The maximum Gasteiger partial charge on any atom is 0.163 e. The van der Waals surface area contributed by atoms with E-state index in [9.17, 15) is 5.11 Å². The van der Waals surface area contributed by atoms with Crippen molar-refractivity contribution in [2.24, 2.45) is 0 Å². The van der Waals surface area contributed by atoms with Gasteiger partial charge >= 0.3 is 0 Å². The summed E-state index contributed by atoms with van der Waals surface area (Å²) in [5.41, 5.74) is 4.80. The van der Waals surface area contributed by atoms with E-state index in [-0.39, 0.29) is 6.61 Å². The van der Waals surface area contributed by atoms with E-state index in [0.29, 0.717) is 18.1 Å². The Morgan fingerprint density at radius 2 is 1.93 bits per heavy atom. The van der Waals surface area contributed by atoms with E-state index in [4.69, 9.17) is 9.47 Å². The highest BCUT2D eigenvalue weighted by Crippen LogP contribution is 2.36. The van der Waals surface area contributed by atoms with Crippen LogP contribution in [0.3, 0.4) is 0 Å². The third-order valence-corrected chi connectivity index (χ3v) is 5.10. The quantitative estimate of drug-likeness (QED) is 0.485. The van der Waals surface area contributed by atoms with Crippen LogP contribution in [-0.4, -0.2) is 49.3 Å². The minimum Gasteiger partial charge on any atom is -0.493 e. The van der Waals surface area contributed by atoms with Crippen LogP contribution in [0.2, 0.25) is 0 Å². The lowest BCUT2D eigenvalue weighted by atomic mass is 10.0. The fourth-order valence-electron chi connectivity index (χ4n) is 3.56. The van der Waals surface area contributed by atoms with Gasteiger partial charge in [0.25, 0.3) is 0 Å². The monoisotopic (exact) mass is 409 g/mol. The number of aliphatic hydroxyl groups excluding tert-OH is 1. The summed E-state index contributed by atoms with van der Waals surface area (Å²) in [7, 11) is 5.75. The summed E-state index contributed by atoms with van der Waals surface area (Å²) in [5.74, 6) is 1.38. The normalized spacial score (nSPS) is 11.1. The molecule has 0 aliphatic rings. The molecule has 1 heterocycles. The number of anilines is 2. The third kappa shape index (κ3) is 5.01. The number of pyridine rings is 1. The molecule has 6 nitrogen and oxygen atoms in total. The number of benzene rings is 2. The number of methoxy groups -OCH3 is 1. The Bertz CT molecular complexity index is 989. The van der Waals surface area contributed by atoms with Crippen molar-refractivity contribution in [2.75, 3.05) is 39.7 Å². The number of ether oxygens (including phenoxy) is 2. The van der Waals surface area contributed by atoms with Gasteiger partial charge in [0, 0.05) is 35.6 Å². The molecular formula is C24H31N3O3. The Kier molecular flexibility index (Phi) is 7.49. The van der Waals surface area contributed by atoms with Gasteiger partial charge in [0.15, 0.2) is 11.5 Å². The van der Waals surface area contributed by atoms with E-state index in [0.717, 1.165) is 52.8 Å². The van der Waals surface area contributed by atoms with Crippen LogP contribution in [0.5, 0.6) is 11.5 Å². The fourth-order valence-corrected chi connectivity index (χ4v) is 3.56. The molecule has 0 unspecified atom stereocenters. The maximum absolute atomic E-state index is 9.66. The highest BCUT2D eigenvalue weighted by molar-refractivity contribution is 5.95. The van der Waals surface area contributed by atoms with Gasteiger partial charge < -0.3 is 24.8 Å². The molecule has 1 aromatic heterocycles. The van der Waals surface area contributed by atoms with Crippen molar-refractivity contribution in [2.45, 2.75) is 26.4 Å². The average Bonchev–Trinajstić information content (AvgIpc) is 2.76. The van der Waals surface area contributed by atoms with Gasteiger partial charge in [-0.05, 0) is 56.3 Å².